The third kappa shape index (κ3) is 5.96. The minimum Gasteiger partial charge on any atom is -0.497 e. The number of methoxy groups -OCH3 is 2. The summed E-state index contributed by atoms with van der Waals surface area (Å²) in [5.74, 6) is 1.05. The summed E-state index contributed by atoms with van der Waals surface area (Å²) in [7, 11) is 3.24. The normalized spacial score (nSPS) is 18.5. The molecule has 4 rings (SSSR count). The second-order valence-corrected chi connectivity index (χ2v) is 9.71. The van der Waals surface area contributed by atoms with E-state index in [1.807, 2.05) is 25.1 Å². The number of esters is 1. The van der Waals surface area contributed by atoms with Gasteiger partial charge in [-0.05, 0) is 81.6 Å². The van der Waals surface area contributed by atoms with E-state index in [4.69, 9.17) is 19.3 Å². The van der Waals surface area contributed by atoms with Crippen LogP contribution in [0, 0.1) is 19.8 Å². The second-order valence-electron chi connectivity index (χ2n) is 9.71. The molecule has 2 aliphatic rings. The third-order valence-electron chi connectivity index (χ3n) is 7.37. The number of nitrogens with zero attached hydrogens (tertiary/aromatic N) is 3. The molecule has 8 heteroatoms. The number of aryl methyl sites for hydroxylation is 2. The van der Waals surface area contributed by atoms with Crippen LogP contribution in [0.1, 0.15) is 54.5 Å². The van der Waals surface area contributed by atoms with Crippen molar-refractivity contribution in [1.82, 2.24) is 9.91 Å². The van der Waals surface area contributed by atoms with Crippen LogP contribution in [0.25, 0.3) is 0 Å². The predicted molar refractivity (Wildman–Crippen MR) is 142 cm³/mol. The summed E-state index contributed by atoms with van der Waals surface area (Å²) in [5.41, 5.74) is 5.19. The number of carbonyl (C=O) groups excluding carboxylic acids is 2. The number of ether oxygens (including phenoxy) is 3. The first-order valence-corrected chi connectivity index (χ1v) is 12.9. The highest BCUT2D eigenvalue weighted by Gasteiger charge is 2.36. The molecular weight excluding hydrogens is 470 g/mol. The summed E-state index contributed by atoms with van der Waals surface area (Å²) >= 11 is 0. The van der Waals surface area contributed by atoms with Gasteiger partial charge in [0.25, 0.3) is 5.91 Å². The van der Waals surface area contributed by atoms with Crippen LogP contribution < -0.4 is 9.47 Å². The highest BCUT2D eigenvalue weighted by molar-refractivity contribution is 6.03. The van der Waals surface area contributed by atoms with Crippen LogP contribution >= 0.6 is 0 Å². The van der Waals surface area contributed by atoms with Crippen molar-refractivity contribution >= 4 is 17.6 Å². The number of hydrogen-bond acceptors (Lipinski definition) is 7. The number of rotatable bonds is 8. The van der Waals surface area contributed by atoms with Crippen molar-refractivity contribution < 1.29 is 23.8 Å². The monoisotopic (exact) mass is 507 g/mol. The molecule has 1 atom stereocenters. The number of hydrogen-bond donors (Lipinski definition) is 0. The van der Waals surface area contributed by atoms with Gasteiger partial charge in [0.1, 0.15) is 11.5 Å². The van der Waals surface area contributed by atoms with Crippen LogP contribution in [0.15, 0.2) is 41.5 Å². The smallest absolute Gasteiger partial charge is 0.309 e. The van der Waals surface area contributed by atoms with Crippen molar-refractivity contribution in [3.8, 4) is 11.5 Å². The van der Waals surface area contributed by atoms with E-state index in [1.165, 1.54) is 11.1 Å². The second kappa shape index (κ2) is 11.8. The lowest BCUT2D eigenvalue weighted by Gasteiger charge is -2.32. The van der Waals surface area contributed by atoms with E-state index in [2.05, 4.69) is 36.9 Å². The number of hydrazone groups is 1. The van der Waals surface area contributed by atoms with E-state index in [0.29, 0.717) is 50.5 Å². The number of carbonyl (C=O) groups is 2. The molecule has 0 saturated carbocycles. The Bertz CT molecular complexity index is 1170. The molecule has 1 amide bonds. The molecule has 198 valence electrons. The Morgan fingerprint density at radius 3 is 2.41 bits per heavy atom. The minimum atomic E-state index is -0.290. The van der Waals surface area contributed by atoms with E-state index < -0.39 is 0 Å². The zero-order valence-electron chi connectivity index (χ0n) is 22.5. The number of benzene rings is 2. The minimum absolute atomic E-state index is 0.0729. The Balaban J connectivity index is 1.57. The van der Waals surface area contributed by atoms with Crippen molar-refractivity contribution in [3.05, 3.63) is 58.7 Å². The predicted octanol–water partition coefficient (Wildman–Crippen LogP) is 4.27. The Kier molecular flexibility index (Phi) is 8.48. The molecule has 0 N–H and O–H groups in total. The maximum atomic E-state index is 13.7. The topological polar surface area (TPSA) is 80.7 Å². The van der Waals surface area contributed by atoms with Crippen LogP contribution in [-0.2, 0) is 14.3 Å². The lowest BCUT2D eigenvalue weighted by Crippen LogP contribution is -2.43. The Morgan fingerprint density at radius 1 is 1.00 bits per heavy atom. The van der Waals surface area contributed by atoms with Crippen LogP contribution in [-0.4, -0.2) is 68.0 Å². The van der Waals surface area contributed by atoms with Gasteiger partial charge in [0.2, 0.25) is 0 Å². The summed E-state index contributed by atoms with van der Waals surface area (Å²) in [5, 5.41) is 6.47. The zero-order valence-corrected chi connectivity index (χ0v) is 22.5. The molecule has 2 heterocycles. The number of amides is 1. The third-order valence-corrected chi connectivity index (χ3v) is 7.37. The molecule has 0 aliphatic carbocycles. The Labute approximate surface area is 219 Å². The van der Waals surface area contributed by atoms with Gasteiger partial charge in [-0.3, -0.25) is 14.5 Å². The molecule has 0 spiro atoms. The summed E-state index contributed by atoms with van der Waals surface area (Å²) in [4.78, 5) is 27.9. The maximum absolute atomic E-state index is 13.7. The average Bonchev–Trinajstić information content (AvgIpc) is 3.36. The van der Waals surface area contributed by atoms with Gasteiger partial charge >= 0.3 is 5.97 Å². The van der Waals surface area contributed by atoms with Crippen molar-refractivity contribution in [1.29, 1.82) is 0 Å². The summed E-state index contributed by atoms with van der Waals surface area (Å²) in [6.07, 6.45) is 1.97. The zero-order chi connectivity index (χ0) is 26.5. The lowest BCUT2D eigenvalue weighted by molar-refractivity contribution is -0.149. The quantitative estimate of drug-likeness (QED) is 0.497. The van der Waals surface area contributed by atoms with Crippen LogP contribution in [0.5, 0.6) is 11.5 Å². The molecule has 0 aromatic heterocycles. The fourth-order valence-corrected chi connectivity index (χ4v) is 5.02. The molecule has 1 fully saturated rings. The van der Waals surface area contributed by atoms with Crippen LogP contribution in [0.2, 0.25) is 0 Å². The highest BCUT2D eigenvalue weighted by atomic mass is 16.5. The van der Waals surface area contributed by atoms with Gasteiger partial charge in [0, 0.05) is 18.1 Å². The summed E-state index contributed by atoms with van der Waals surface area (Å²) < 4.78 is 16.2. The first-order chi connectivity index (χ1) is 17.8. The summed E-state index contributed by atoms with van der Waals surface area (Å²) in [6, 6.07) is 11.7. The van der Waals surface area contributed by atoms with Gasteiger partial charge in [-0.15, -0.1) is 0 Å². The van der Waals surface area contributed by atoms with Gasteiger partial charge in [-0.2, -0.15) is 5.10 Å². The van der Waals surface area contributed by atoms with E-state index in [1.54, 1.807) is 19.2 Å². The van der Waals surface area contributed by atoms with Crippen molar-refractivity contribution in [2.24, 2.45) is 11.0 Å². The van der Waals surface area contributed by atoms with Gasteiger partial charge in [0.05, 0.1) is 45.0 Å². The molecule has 2 aliphatic heterocycles. The molecular formula is C29H37N3O5. The average molecular weight is 508 g/mol. The van der Waals surface area contributed by atoms with Gasteiger partial charge in [-0.25, -0.2) is 5.01 Å². The highest BCUT2D eigenvalue weighted by Crippen LogP contribution is 2.39. The van der Waals surface area contributed by atoms with Crippen molar-refractivity contribution in [3.63, 3.8) is 0 Å². The van der Waals surface area contributed by atoms with Crippen molar-refractivity contribution in [2.45, 2.75) is 46.1 Å². The van der Waals surface area contributed by atoms with Gasteiger partial charge in [-0.1, -0.05) is 12.1 Å². The van der Waals surface area contributed by atoms with Crippen molar-refractivity contribution in [2.75, 3.05) is 40.5 Å². The molecule has 2 aromatic rings. The largest absolute Gasteiger partial charge is 0.497 e. The van der Waals surface area contributed by atoms with E-state index >= 15 is 0 Å². The maximum Gasteiger partial charge on any atom is 0.309 e. The fourth-order valence-electron chi connectivity index (χ4n) is 5.02. The lowest BCUT2D eigenvalue weighted by atomic mass is 9.95. The Morgan fingerprint density at radius 2 is 1.76 bits per heavy atom. The first kappa shape index (κ1) is 26.7. The first-order valence-electron chi connectivity index (χ1n) is 12.9. The molecule has 37 heavy (non-hydrogen) atoms. The summed E-state index contributed by atoms with van der Waals surface area (Å²) in [6.45, 7) is 7.98. The van der Waals surface area contributed by atoms with E-state index in [-0.39, 0.29) is 30.4 Å². The number of likely N-dealkylation sites (tertiary alicyclic amines) is 1. The molecule has 0 unspecified atom stereocenters. The SMILES string of the molecule is CCOC(=O)C1CCN(CC(=O)N2N=C(c3ccc(C)c(C)c3)C[C@H]2c2ccc(OC)cc2OC)CC1. The fraction of sp³-hybridized carbons (Fsp3) is 0.483. The van der Waals surface area contributed by atoms with E-state index in [9.17, 15) is 9.59 Å². The van der Waals surface area contributed by atoms with Crippen LogP contribution in [0.4, 0.5) is 0 Å². The standard InChI is InChI=1S/C29H37N3O5/c1-6-37-29(34)21-11-13-31(14-12-21)18-28(33)32-26(24-10-9-23(35-4)16-27(24)36-5)17-25(30-32)22-8-7-19(2)20(3)15-22/h7-10,15-16,21,26H,6,11-14,17-18H2,1-5H3/t26-/m0/s1. The molecule has 0 bridgehead atoms. The molecule has 0 radical (unpaired) electrons. The molecule has 1 saturated heterocycles. The van der Waals surface area contributed by atoms with Gasteiger partial charge in [0.15, 0.2) is 0 Å². The molecule has 8 nitrogen and oxygen atoms in total. The van der Waals surface area contributed by atoms with Gasteiger partial charge < -0.3 is 14.2 Å². The number of piperidine rings is 1. The molecule has 2 aromatic carbocycles. The van der Waals surface area contributed by atoms with E-state index in [0.717, 1.165) is 16.8 Å². The van der Waals surface area contributed by atoms with Crippen LogP contribution in [0.3, 0.4) is 0 Å². The Hall–Kier alpha value is -3.39.